The second-order valence-corrected chi connectivity index (χ2v) is 8.74. The van der Waals surface area contributed by atoms with Crippen molar-refractivity contribution in [3.63, 3.8) is 0 Å². The zero-order chi connectivity index (χ0) is 23.2. The van der Waals surface area contributed by atoms with Crippen LogP contribution in [0, 0.1) is 5.82 Å². The Morgan fingerprint density at radius 2 is 2.00 bits per heavy atom. The van der Waals surface area contributed by atoms with E-state index in [4.69, 9.17) is 5.73 Å². The number of aromatic amines is 2. The first-order chi connectivity index (χ1) is 16.6. The Morgan fingerprint density at radius 3 is 2.88 bits per heavy atom. The maximum absolute atomic E-state index is 14.2. The summed E-state index contributed by atoms with van der Waals surface area (Å²) in [4.78, 5) is 16.1. The van der Waals surface area contributed by atoms with Crippen LogP contribution in [-0.2, 0) is 0 Å². The number of imidazole rings is 1. The van der Waals surface area contributed by atoms with Crippen molar-refractivity contribution in [2.24, 2.45) is 0 Å². The topological polar surface area (TPSA) is 121 Å². The van der Waals surface area contributed by atoms with Crippen molar-refractivity contribution in [2.75, 3.05) is 11.1 Å². The highest BCUT2D eigenvalue weighted by atomic mass is 19.1. The van der Waals surface area contributed by atoms with Gasteiger partial charge in [0.2, 0.25) is 5.95 Å². The van der Waals surface area contributed by atoms with E-state index in [1.54, 1.807) is 18.6 Å². The molecule has 1 saturated carbocycles. The maximum atomic E-state index is 14.2. The number of benzene rings is 2. The zero-order valence-electron chi connectivity index (χ0n) is 18.5. The largest absolute Gasteiger partial charge is 0.368 e. The van der Waals surface area contributed by atoms with Crippen LogP contribution in [0.3, 0.4) is 0 Å². The van der Waals surface area contributed by atoms with E-state index in [0.29, 0.717) is 11.6 Å². The summed E-state index contributed by atoms with van der Waals surface area (Å²) in [5, 5.41) is 10.8. The number of H-pyrrole nitrogens is 2. The molecule has 5 aromatic rings. The summed E-state index contributed by atoms with van der Waals surface area (Å²) in [5.41, 5.74) is 11.5. The lowest BCUT2D eigenvalue weighted by atomic mass is 9.94. The molecule has 34 heavy (non-hydrogen) atoms. The van der Waals surface area contributed by atoms with Gasteiger partial charge < -0.3 is 16.0 Å². The molecule has 0 saturated heterocycles. The summed E-state index contributed by atoms with van der Waals surface area (Å²) < 4.78 is 14.2. The van der Waals surface area contributed by atoms with Gasteiger partial charge in [0, 0.05) is 35.4 Å². The molecule has 170 valence electrons. The highest BCUT2D eigenvalue weighted by molar-refractivity contribution is 5.75. The van der Waals surface area contributed by atoms with Crippen LogP contribution in [0.25, 0.3) is 11.0 Å². The molecule has 0 amide bonds. The average molecular weight is 455 g/mol. The fraction of sp³-hybridized carbons (Fsp3) is 0.200. The molecule has 0 aliphatic heterocycles. The van der Waals surface area contributed by atoms with Crippen molar-refractivity contribution in [1.29, 1.82) is 0 Å². The maximum Gasteiger partial charge on any atom is 0.221 e. The number of hydrogen-bond donors (Lipinski definition) is 4. The molecule has 2 aromatic carbocycles. The fourth-order valence-electron chi connectivity index (χ4n) is 4.59. The Hall–Kier alpha value is -4.27. The summed E-state index contributed by atoms with van der Waals surface area (Å²) in [7, 11) is 0. The number of nitrogens with zero attached hydrogens (tertiary/aromatic N) is 4. The molecule has 1 aliphatic rings. The van der Waals surface area contributed by atoms with E-state index in [0.717, 1.165) is 39.8 Å². The molecule has 0 spiro atoms. The van der Waals surface area contributed by atoms with Gasteiger partial charge in [-0.2, -0.15) is 10.1 Å². The van der Waals surface area contributed by atoms with Crippen molar-refractivity contribution in [1.82, 2.24) is 30.1 Å². The molecule has 0 unspecified atom stereocenters. The first-order valence-electron chi connectivity index (χ1n) is 11.2. The van der Waals surface area contributed by atoms with Gasteiger partial charge in [-0.1, -0.05) is 31.2 Å². The monoisotopic (exact) mass is 454 g/mol. The molecule has 1 fully saturated rings. The highest BCUT2D eigenvalue weighted by Crippen LogP contribution is 2.54. The Balaban J connectivity index is 1.25. The lowest BCUT2D eigenvalue weighted by Crippen LogP contribution is -2.07. The van der Waals surface area contributed by atoms with Crippen LogP contribution >= 0.6 is 0 Å². The van der Waals surface area contributed by atoms with Gasteiger partial charge in [-0.3, -0.25) is 5.10 Å². The predicted octanol–water partition coefficient (Wildman–Crippen LogP) is 4.96. The smallest absolute Gasteiger partial charge is 0.221 e. The van der Waals surface area contributed by atoms with Gasteiger partial charge in [-0.05, 0) is 41.7 Å². The standard InChI is InChI=1S/C25H23FN8/c1-13(14-6-7-20-22(8-14)30-12-29-20)18-11-28-25(27)32-24(18)31-23-10-21(33-34-23)17-9-16(17)15-4-2-3-5-19(15)26/h2-8,10-13,16-17H,9H2,1H3,(H,29,30)(H4,27,28,31,32,33,34)/t13-,16-,17+/m0/s1. The van der Waals surface area contributed by atoms with Crippen molar-refractivity contribution in [2.45, 2.75) is 31.1 Å². The number of halogens is 1. The summed E-state index contributed by atoms with van der Waals surface area (Å²) in [5.74, 6) is 1.63. The minimum absolute atomic E-state index is 0.00326. The molecule has 1 aliphatic carbocycles. The van der Waals surface area contributed by atoms with E-state index in [1.165, 1.54) is 6.07 Å². The van der Waals surface area contributed by atoms with E-state index < -0.39 is 0 Å². The molecule has 6 rings (SSSR count). The minimum atomic E-state index is -0.156. The third kappa shape index (κ3) is 3.64. The minimum Gasteiger partial charge on any atom is -0.368 e. The van der Waals surface area contributed by atoms with E-state index in [1.807, 2.05) is 24.3 Å². The van der Waals surface area contributed by atoms with Crippen LogP contribution in [-0.4, -0.2) is 30.1 Å². The molecule has 5 N–H and O–H groups in total. The number of anilines is 3. The van der Waals surface area contributed by atoms with Gasteiger partial charge in [0.05, 0.1) is 17.4 Å². The number of hydrogen-bond acceptors (Lipinski definition) is 6. The quantitative estimate of drug-likeness (QED) is 0.288. The summed E-state index contributed by atoms with van der Waals surface area (Å²) >= 11 is 0. The van der Waals surface area contributed by atoms with Crippen molar-refractivity contribution >= 4 is 28.6 Å². The highest BCUT2D eigenvalue weighted by Gasteiger charge is 2.42. The van der Waals surface area contributed by atoms with Crippen LogP contribution < -0.4 is 11.1 Å². The van der Waals surface area contributed by atoms with Crippen LogP contribution in [0.1, 0.15) is 53.5 Å². The van der Waals surface area contributed by atoms with Gasteiger partial charge in [-0.25, -0.2) is 14.4 Å². The van der Waals surface area contributed by atoms with Crippen LogP contribution in [0.2, 0.25) is 0 Å². The Morgan fingerprint density at radius 1 is 1.12 bits per heavy atom. The number of nitrogens with one attached hydrogen (secondary N) is 3. The van der Waals surface area contributed by atoms with Gasteiger partial charge in [0.1, 0.15) is 11.6 Å². The van der Waals surface area contributed by atoms with Gasteiger partial charge in [-0.15, -0.1) is 0 Å². The molecule has 0 radical (unpaired) electrons. The predicted molar refractivity (Wildman–Crippen MR) is 128 cm³/mol. The zero-order valence-corrected chi connectivity index (χ0v) is 18.5. The number of fused-ring (bicyclic) bond motifs is 1. The van der Waals surface area contributed by atoms with E-state index >= 15 is 0 Å². The lowest BCUT2D eigenvalue weighted by Gasteiger charge is -2.16. The Kier molecular flexibility index (Phi) is 4.75. The number of nitrogen functional groups attached to an aromatic ring is 1. The molecule has 3 heterocycles. The van der Waals surface area contributed by atoms with Crippen molar-refractivity contribution in [3.8, 4) is 0 Å². The van der Waals surface area contributed by atoms with Crippen molar-refractivity contribution < 1.29 is 4.39 Å². The molecule has 8 nitrogen and oxygen atoms in total. The van der Waals surface area contributed by atoms with Crippen LogP contribution in [0.15, 0.2) is 61.1 Å². The molecule has 3 aromatic heterocycles. The average Bonchev–Trinajstić information content (AvgIpc) is 3.24. The normalized spacial score (nSPS) is 18.2. The molecular formula is C25H23FN8. The Labute approximate surface area is 194 Å². The number of nitrogens with two attached hydrogens (primary N) is 1. The molecular weight excluding hydrogens is 431 g/mol. The molecule has 0 bridgehead atoms. The molecule has 3 atom stereocenters. The third-order valence-electron chi connectivity index (χ3n) is 6.59. The second kappa shape index (κ2) is 7.95. The van der Waals surface area contributed by atoms with E-state index in [-0.39, 0.29) is 29.5 Å². The van der Waals surface area contributed by atoms with Crippen LogP contribution in [0.4, 0.5) is 22.0 Å². The summed E-state index contributed by atoms with van der Waals surface area (Å²) in [6.45, 7) is 2.09. The number of aromatic nitrogens is 6. The second-order valence-electron chi connectivity index (χ2n) is 8.74. The molecule has 9 heteroatoms. The van der Waals surface area contributed by atoms with E-state index in [9.17, 15) is 4.39 Å². The third-order valence-corrected chi connectivity index (χ3v) is 6.59. The number of rotatable bonds is 6. The van der Waals surface area contributed by atoms with E-state index in [2.05, 4.69) is 54.5 Å². The summed E-state index contributed by atoms with van der Waals surface area (Å²) in [6, 6.07) is 15.0. The fourth-order valence-corrected chi connectivity index (χ4v) is 4.59. The van der Waals surface area contributed by atoms with Gasteiger partial charge in [0.25, 0.3) is 0 Å². The summed E-state index contributed by atoms with van der Waals surface area (Å²) in [6.07, 6.45) is 4.32. The first-order valence-corrected chi connectivity index (χ1v) is 11.2. The lowest BCUT2D eigenvalue weighted by molar-refractivity contribution is 0.609. The van der Waals surface area contributed by atoms with Gasteiger partial charge >= 0.3 is 0 Å². The van der Waals surface area contributed by atoms with Crippen molar-refractivity contribution in [3.05, 3.63) is 89.3 Å². The van der Waals surface area contributed by atoms with Crippen LogP contribution in [0.5, 0.6) is 0 Å². The first kappa shape index (κ1) is 20.3. The Bertz CT molecular complexity index is 1490. The SMILES string of the molecule is C[C@@H](c1ccc2[nH]cnc2c1)c1cnc(N)nc1Nc1cc([C@@H]2C[C@H]2c2ccccc2F)[nH]n1. The van der Waals surface area contributed by atoms with Gasteiger partial charge in [0.15, 0.2) is 5.82 Å².